The highest BCUT2D eigenvalue weighted by molar-refractivity contribution is 7.99. The van der Waals surface area contributed by atoms with E-state index in [1.54, 1.807) is 16.8 Å². The van der Waals surface area contributed by atoms with E-state index in [1.165, 1.54) is 11.8 Å². The second kappa shape index (κ2) is 8.94. The van der Waals surface area contributed by atoms with Crippen molar-refractivity contribution in [1.82, 2.24) is 25.5 Å². The quantitative estimate of drug-likeness (QED) is 0.574. The number of tetrazole rings is 1. The third kappa shape index (κ3) is 4.84. The molecule has 0 bridgehead atoms. The minimum absolute atomic E-state index is 0.140. The summed E-state index contributed by atoms with van der Waals surface area (Å²) < 4.78 is 1.65. The summed E-state index contributed by atoms with van der Waals surface area (Å²) in [5.41, 5.74) is 3.92. The molecule has 1 heterocycles. The van der Waals surface area contributed by atoms with Crippen LogP contribution < -0.4 is 5.32 Å². The number of halogens is 2. The van der Waals surface area contributed by atoms with Crippen LogP contribution in [-0.4, -0.2) is 31.9 Å². The van der Waals surface area contributed by atoms with Crippen molar-refractivity contribution in [2.45, 2.75) is 32.0 Å². The van der Waals surface area contributed by atoms with Crippen LogP contribution in [0.25, 0.3) is 5.69 Å². The number of rotatable bonds is 6. The lowest BCUT2D eigenvalue weighted by molar-refractivity contribution is -0.119. The first-order valence-electron chi connectivity index (χ1n) is 8.58. The first-order valence-corrected chi connectivity index (χ1v) is 10.3. The lowest BCUT2D eigenvalue weighted by Gasteiger charge is -2.16. The number of aryl methyl sites for hydroxylation is 2. The Bertz CT molecular complexity index is 1010. The van der Waals surface area contributed by atoms with Gasteiger partial charge in [-0.15, -0.1) is 5.10 Å². The van der Waals surface area contributed by atoms with Crippen LogP contribution in [0.2, 0.25) is 10.0 Å². The van der Waals surface area contributed by atoms with Crippen molar-refractivity contribution in [3.63, 3.8) is 0 Å². The molecule has 0 aliphatic heterocycles. The van der Waals surface area contributed by atoms with Crippen molar-refractivity contribution in [3.8, 4) is 5.69 Å². The number of nitrogens with one attached hydrogen (secondary N) is 1. The summed E-state index contributed by atoms with van der Waals surface area (Å²) >= 11 is 13.4. The number of thioether (sulfide) groups is 1. The Morgan fingerprint density at radius 3 is 2.71 bits per heavy atom. The summed E-state index contributed by atoms with van der Waals surface area (Å²) in [6.07, 6.45) is 0. The van der Waals surface area contributed by atoms with Crippen LogP contribution in [-0.2, 0) is 4.79 Å². The van der Waals surface area contributed by atoms with Gasteiger partial charge in [0, 0.05) is 10.0 Å². The Morgan fingerprint density at radius 2 is 2.00 bits per heavy atom. The maximum Gasteiger partial charge on any atom is 0.230 e. The highest BCUT2D eigenvalue weighted by Gasteiger charge is 2.16. The van der Waals surface area contributed by atoms with Crippen LogP contribution in [0.4, 0.5) is 0 Å². The second-order valence-electron chi connectivity index (χ2n) is 6.41. The third-order valence-corrected chi connectivity index (χ3v) is 5.64. The summed E-state index contributed by atoms with van der Waals surface area (Å²) in [6.45, 7) is 5.91. The molecule has 0 saturated heterocycles. The normalized spacial score (nSPS) is 12.0. The molecule has 9 heteroatoms. The van der Waals surface area contributed by atoms with E-state index in [0.717, 1.165) is 22.4 Å². The van der Waals surface area contributed by atoms with E-state index < -0.39 is 0 Å². The van der Waals surface area contributed by atoms with E-state index >= 15 is 0 Å². The van der Waals surface area contributed by atoms with E-state index in [9.17, 15) is 4.79 Å². The summed E-state index contributed by atoms with van der Waals surface area (Å²) in [5, 5.41) is 16.4. The van der Waals surface area contributed by atoms with Crippen molar-refractivity contribution in [1.29, 1.82) is 0 Å². The molecule has 1 atom stereocenters. The predicted molar refractivity (Wildman–Crippen MR) is 112 cm³/mol. The number of hydrogen-bond donors (Lipinski definition) is 1. The summed E-state index contributed by atoms with van der Waals surface area (Å²) in [6, 6.07) is 11.0. The van der Waals surface area contributed by atoms with Gasteiger partial charge in [0.15, 0.2) is 0 Å². The van der Waals surface area contributed by atoms with Crippen molar-refractivity contribution in [2.75, 3.05) is 5.75 Å². The lowest BCUT2D eigenvalue weighted by Crippen LogP contribution is -2.28. The number of carbonyl (C=O) groups is 1. The first-order chi connectivity index (χ1) is 13.3. The monoisotopic (exact) mass is 435 g/mol. The molecule has 3 aromatic rings. The van der Waals surface area contributed by atoms with E-state index in [-0.39, 0.29) is 17.7 Å². The van der Waals surface area contributed by atoms with Gasteiger partial charge in [0.25, 0.3) is 0 Å². The van der Waals surface area contributed by atoms with E-state index in [0.29, 0.717) is 15.2 Å². The number of amides is 1. The molecule has 2 aromatic carbocycles. The summed E-state index contributed by atoms with van der Waals surface area (Å²) in [4.78, 5) is 12.4. The van der Waals surface area contributed by atoms with Gasteiger partial charge in [-0.3, -0.25) is 4.79 Å². The molecule has 1 amide bonds. The number of aromatic nitrogens is 4. The molecule has 0 unspecified atom stereocenters. The summed E-state index contributed by atoms with van der Waals surface area (Å²) in [7, 11) is 0. The Kier molecular flexibility index (Phi) is 6.59. The molecule has 0 saturated carbocycles. The van der Waals surface area contributed by atoms with Gasteiger partial charge < -0.3 is 5.32 Å². The van der Waals surface area contributed by atoms with Crippen molar-refractivity contribution >= 4 is 40.9 Å². The van der Waals surface area contributed by atoms with Crippen LogP contribution in [0.5, 0.6) is 0 Å². The SMILES string of the molecule is Cc1ccc(-n2nnnc2SCC(=O)N[C@H](C)c2ccc(Cl)cc2Cl)c(C)c1. The molecule has 6 nitrogen and oxygen atoms in total. The zero-order valence-corrected chi connectivity index (χ0v) is 17.9. The summed E-state index contributed by atoms with van der Waals surface area (Å²) in [5.74, 6) is 0.0413. The highest BCUT2D eigenvalue weighted by Crippen LogP contribution is 2.26. The molecule has 0 fully saturated rings. The number of carbonyl (C=O) groups excluding carboxylic acids is 1. The Hall–Kier alpha value is -2.09. The number of hydrogen-bond acceptors (Lipinski definition) is 5. The average Bonchev–Trinajstić information content (AvgIpc) is 3.08. The van der Waals surface area contributed by atoms with E-state index in [1.807, 2.05) is 39.0 Å². The van der Waals surface area contributed by atoms with Gasteiger partial charge in [0.05, 0.1) is 17.5 Å². The van der Waals surface area contributed by atoms with Gasteiger partial charge in [0.2, 0.25) is 11.1 Å². The van der Waals surface area contributed by atoms with Gasteiger partial charge in [-0.1, -0.05) is 58.7 Å². The largest absolute Gasteiger partial charge is 0.349 e. The number of nitrogens with zero attached hydrogens (tertiary/aromatic N) is 4. The van der Waals surface area contributed by atoms with Crippen LogP contribution in [0.1, 0.15) is 29.7 Å². The Morgan fingerprint density at radius 1 is 1.21 bits per heavy atom. The van der Waals surface area contributed by atoms with Crippen molar-refractivity contribution < 1.29 is 4.79 Å². The molecule has 1 N–H and O–H groups in total. The first kappa shape index (κ1) is 20.6. The van der Waals surface area contributed by atoms with Crippen LogP contribution in [0.15, 0.2) is 41.6 Å². The Balaban J connectivity index is 1.65. The van der Waals surface area contributed by atoms with Gasteiger partial charge in [-0.05, 0) is 60.5 Å². The topological polar surface area (TPSA) is 72.7 Å². The minimum atomic E-state index is -0.242. The standard InChI is InChI=1S/C19H19Cl2N5OS/c1-11-4-7-17(12(2)8-11)26-19(23-24-25-26)28-10-18(27)22-13(3)15-6-5-14(20)9-16(15)21/h4-9,13H,10H2,1-3H3,(H,22,27)/t13-/m1/s1. The molecule has 0 aliphatic carbocycles. The predicted octanol–water partition coefficient (Wildman–Crippen LogP) is 4.56. The van der Waals surface area contributed by atoms with Crippen LogP contribution >= 0.6 is 35.0 Å². The maximum atomic E-state index is 12.4. The second-order valence-corrected chi connectivity index (χ2v) is 8.19. The average molecular weight is 436 g/mol. The molecule has 0 radical (unpaired) electrons. The molecule has 0 spiro atoms. The van der Waals surface area contributed by atoms with Gasteiger partial charge in [0.1, 0.15) is 0 Å². The Labute approximate surface area is 177 Å². The zero-order valence-electron chi connectivity index (χ0n) is 15.6. The van der Waals surface area contributed by atoms with Crippen molar-refractivity contribution in [3.05, 3.63) is 63.1 Å². The van der Waals surface area contributed by atoms with Gasteiger partial charge >= 0.3 is 0 Å². The molecule has 146 valence electrons. The smallest absolute Gasteiger partial charge is 0.230 e. The molecule has 3 rings (SSSR count). The zero-order chi connectivity index (χ0) is 20.3. The fraction of sp³-hybridized carbons (Fsp3) is 0.263. The molecular formula is C19H19Cl2N5OS. The fourth-order valence-corrected chi connectivity index (χ4v) is 4.07. The minimum Gasteiger partial charge on any atom is -0.349 e. The number of benzene rings is 2. The molecule has 1 aromatic heterocycles. The fourth-order valence-electron chi connectivity index (χ4n) is 2.81. The van der Waals surface area contributed by atoms with Crippen molar-refractivity contribution in [2.24, 2.45) is 0 Å². The van der Waals surface area contributed by atoms with Crippen LogP contribution in [0.3, 0.4) is 0 Å². The third-order valence-electron chi connectivity index (χ3n) is 4.16. The molecule has 28 heavy (non-hydrogen) atoms. The van der Waals surface area contributed by atoms with E-state index in [4.69, 9.17) is 23.2 Å². The van der Waals surface area contributed by atoms with E-state index in [2.05, 4.69) is 26.9 Å². The maximum absolute atomic E-state index is 12.4. The van der Waals surface area contributed by atoms with Gasteiger partial charge in [-0.2, -0.15) is 4.68 Å². The molecule has 0 aliphatic rings. The van der Waals surface area contributed by atoms with Gasteiger partial charge in [-0.25, -0.2) is 0 Å². The van der Waals surface area contributed by atoms with Crippen LogP contribution in [0, 0.1) is 13.8 Å². The lowest BCUT2D eigenvalue weighted by atomic mass is 10.1. The highest BCUT2D eigenvalue weighted by atomic mass is 35.5. The molecular weight excluding hydrogens is 417 g/mol.